The van der Waals surface area contributed by atoms with Crippen molar-refractivity contribution < 1.29 is 4.74 Å². The molecule has 1 aromatic rings. The number of rotatable bonds is 5. The molecule has 0 aromatic carbocycles. The smallest absolute Gasteiger partial charge is 0.251 e. The topological polar surface area (TPSA) is 81.0 Å². The molecule has 0 aliphatic heterocycles. The summed E-state index contributed by atoms with van der Waals surface area (Å²) in [6.45, 7) is 6.80. The molecule has 0 aliphatic carbocycles. The molecule has 5 nitrogen and oxygen atoms in total. The number of H-pyrrole nitrogens is 1. The molecule has 5 heteroatoms. The Labute approximate surface area is 95.0 Å². The average Bonchev–Trinajstić information content (AvgIpc) is 2.24. The van der Waals surface area contributed by atoms with Crippen LogP contribution in [0, 0.1) is 5.92 Å². The molecule has 0 saturated heterocycles. The Hall–Kier alpha value is -1.20. The highest BCUT2D eigenvalue weighted by Gasteiger charge is 2.18. The summed E-state index contributed by atoms with van der Waals surface area (Å²) in [5, 5.41) is 0. The molecular formula is C11H19N3O2. The summed E-state index contributed by atoms with van der Waals surface area (Å²) in [5.41, 5.74) is 5.88. The first-order valence-corrected chi connectivity index (χ1v) is 5.50. The maximum absolute atomic E-state index is 11.4. The number of aromatic nitrogens is 2. The van der Waals surface area contributed by atoms with Crippen molar-refractivity contribution in [3.8, 4) is 0 Å². The first-order chi connectivity index (χ1) is 7.58. The molecule has 1 rings (SSSR count). The van der Waals surface area contributed by atoms with Crippen LogP contribution in [0.3, 0.4) is 0 Å². The third-order valence-electron chi connectivity index (χ3n) is 2.24. The van der Waals surface area contributed by atoms with Crippen molar-refractivity contribution in [3.63, 3.8) is 0 Å². The van der Waals surface area contributed by atoms with Gasteiger partial charge in [-0.25, -0.2) is 4.98 Å². The molecular weight excluding hydrogens is 206 g/mol. The van der Waals surface area contributed by atoms with Gasteiger partial charge in [-0.05, 0) is 12.8 Å². The summed E-state index contributed by atoms with van der Waals surface area (Å²) >= 11 is 0. The molecule has 1 aromatic heterocycles. The fourth-order valence-electron chi connectivity index (χ4n) is 1.53. The molecule has 0 saturated carbocycles. The molecule has 1 heterocycles. The van der Waals surface area contributed by atoms with Gasteiger partial charge < -0.3 is 15.5 Å². The Kier molecular flexibility index (Phi) is 4.64. The summed E-state index contributed by atoms with van der Waals surface area (Å²) in [6, 6.07) is 1.41. The highest BCUT2D eigenvalue weighted by molar-refractivity contribution is 5.04. The van der Waals surface area contributed by atoms with E-state index in [4.69, 9.17) is 10.5 Å². The van der Waals surface area contributed by atoms with Gasteiger partial charge in [-0.1, -0.05) is 13.8 Å². The lowest BCUT2D eigenvalue weighted by atomic mass is 10.1. The van der Waals surface area contributed by atoms with Crippen molar-refractivity contribution in [2.24, 2.45) is 11.7 Å². The SMILES string of the molecule is CCOC(c1nc(CN)cc(=O)[nH]1)C(C)C. The lowest BCUT2D eigenvalue weighted by molar-refractivity contribution is 0.0229. The van der Waals surface area contributed by atoms with E-state index in [9.17, 15) is 4.79 Å². The van der Waals surface area contributed by atoms with E-state index < -0.39 is 0 Å². The predicted octanol–water partition coefficient (Wildman–Crippen LogP) is 0.962. The van der Waals surface area contributed by atoms with E-state index in [-0.39, 0.29) is 24.1 Å². The third kappa shape index (κ3) is 3.15. The van der Waals surface area contributed by atoms with Gasteiger partial charge in [-0.2, -0.15) is 0 Å². The minimum atomic E-state index is -0.191. The Bertz CT molecular complexity index is 387. The van der Waals surface area contributed by atoms with Crippen molar-refractivity contribution in [2.45, 2.75) is 33.4 Å². The minimum absolute atomic E-state index is 0.184. The number of nitrogens with zero attached hydrogens (tertiary/aromatic N) is 1. The Morgan fingerprint density at radius 2 is 2.25 bits per heavy atom. The second-order valence-corrected chi connectivity index (χ2v) is 3.95. The van der Waals surface area contributed by atoms with Gasteiger partial charge in [0, 0.05) is 19.2 Å². The number of aromatic amines is 1. The first kappa shape index (κ1) is 12.9. The molecule has 0 spiro atoms. The predicted molar refractivity (Wildman–Crippen MR) is 62.0 cm³/mol. The van der Waals surface area contributed by atoms with E-state index in [1.54, 1.807) is 0 Å². The van der Waals surface area contributed by atoms with Gasteiger partial charge in [-0.15, -0.1) is 0 Å². The van der Waals surface area contributed by atoms with Crippen LogP contribution in [0.25, 0.3) is 0 Å². The Morgan fingerprint density at radius 3 is 2.75 bits per heavy atom. The molecule has 0 amide bonds. The summed E-state index contributed by atoms with van der Waals surface area (Å²) in [5.74, 6) is 0.806. The number of hydrogen-bond donors (Lipinski definition) is 2. The maximum atomic E-state index is 11.4. The van der Waals surface area contributed by atoms with E-state index in [0.717, 1.165) is 0 Å². The molecule has 0 radical (unpaired) electrons. The largest absolute Gasteiger partial charge is 0.370 e. The van der Waals surface area contributed by atoms with Crippen LogP contribution in [-0.4, -0.2) is 16.6 Å². The average molecular weight is 225 g/mol. The van der Waals surface area contributed by atoms with Crippen LogP contribution < -0.4 is 11.3 Å². The van der Waals surface area contributed by atoms with E-state index in [1.165, 1.54) is 6.07 Å². The fraction of sp³-hybridized carbons (Fsp3) is 0.636. The van der Waals surface area contributed by atoms with Crippen LogP contribution in [0.5, 0.6) is 0 Å². The third-order valence-corrected chi connectivity index (χ3v) is 2.24. The first-order valence-electron chi connectivity index (χ1n) is 5.50. The van der Waals surface area contributed by atoms with Gasteiger partial charge in [0.25, 0.3) is 5.56 Å². The molecule has 90 valence electrons. The molecule has 1 unspecified atom stereocenters. The second kappa shape index (κ2) is 5.77. The van der Waals surface area contributed by atoms with Crippen LogP contribution in [0.1, 0.15) is 38.4 Å². The quantitative estimate of drug-likeness (QED) is 0.782. The summed E-state index contributed by atoms with van der Waals surface area (Å²) < 4.78 is 5.57. The van der Waals surface area contributed by atoms with Crippen LogP contribution in [0.15, 0.2) is 10.9 Å². The zero-order valence-electron chi connectivity index (χ0n) is 9.99. The van der Waals surface area contributed by atoms with Gasteiger partial charge in [0.05, 0.1) is 5.69 Å². The van der Waals surface area contributed by atoms with Gasteiger partial charge in [-0.3, -0.25) is 4.79 Å². The standard InChI is InChI=1S/C11H19N3O2/c1-4-16-10(7(2)3)11-13-8(6-12)5-9(15)14-11/h5,7,10H,4,6,12H2,1-3H3,(H,13,14,15). The van der Waals surface area contributed by atoms with E-state index >= 15 is 0 Å². The van der Waals surface area contributed by atoms with Crippen molar-refractivity contribution in [1.82, 2.24) is 9.97 Å². The van der Waals surface area contributed by atoms with E-state index in [2.05, 4.69) is 9.97 Å². The lowest BCUT2D eigenvalue weighted by Gasteiger charge is -2.20. The highest BCUT2D eigenvalue weighted by atomic mass is 16.5. The van der Waals surface area contributed by atoms with Gasteiger partial charge >= 0.3 is 0 Å². The molecule has 0 aliphatic rings. The van der Waals surface area contributed by atoms with Crippen LogP contribution in [-0.2, 0) is 11.3 Å². The molecule has 3 N–H and O–H groups in total. The number of ether oxygens (including phenoxy) is 1. The summed E-state index contributed by atoms with van der Waals surface area (Å²) in [4.78, 5) is 18.4. The monoisotopic (exact) mass is 225 g/mol. The molecule has 0 bridgehead atoms. The Balaban J connectivity index is 3.08. The molecule has 16 heavy (non-hydrogen) atoms. The highest BCUT2D eigenvalue weighted by Crippen LogP contribution is 2.21. The van der Waals surface area contributed by atoms with E-state index in [1.807, 2.05) is 20.8 Å². The summed E-state index contributed by atoms with van der Waals surface area (Å²) in [7, 11) is 0. The lowest BCUT2D eigenvalue weighted by Crippen LogP contribution is -2.21. The van der Waals surface area contributed by atoms with Crippen molar-refractivity contribution >= 4 is 0 Å². The zero-order valence-corrected chi connectivity index (χ0v) is 9.99. The van der Waals surface area contributed by atoms with Gasteiger partial charge in [0.15, 0.2) is 0 Å². The number of nitrogens with one attached hydrogen (secondary N) is 1. The fourth-order valence-corrected chi connectivity index (χ4v) is 1.53. The van der Waals surface area contributed by atoms with Crippen molar-refractivity contribution in [2.75, 3.05) is 6.61 Å². The van der Waals surface area contributed by atoms with E-state index in [0.29, 0.717) is 18.1 Å². The number of nitrogens with two attached hydrogens (primary N) is 1. The van der Waals surface area contributed by atoms with Gasteiger partial charge in [0.1, 0.15) is 11.9 Å². The Morgan fingerprint density at radius 1 is 1.56 bits per heavy atom. The van der Waals surface area contributed by atoms with Gasteiger partial charge in [0.2, 0.25) is 0 Å². The number of hydrogen-bond acceptors (Lipinski definition) is 4. The zero-order chi connectivity index (χ0) is 12.1. The van der Waals surface area contributed by atoms with Crippen LogP contribution >= 0.6 is 0 Å². The normalized spacial score (nSPS) is 13.1. The van der Waals surface area contributed by atoms with Crippen molar-refractivity contribution in [3.05, 3.63) is 27.9 Å². The van der Waals surface area contributed by atoms with Crippen LogP contribution in [0.2, 0.25) is 0 Å². The molecule has 0 fully saturated rings. The second-order valence-electron chi connectivity index (χ2n) is 3.95. The van der Waals surface area contributed by atoms with Crippen molar-refractivity contribution in [1.29, 1.82) is 0 Å². The van der Waals surface area contributed by atoms with Crippen LogP contribution in [0.4, 0.5) is 0 Å². The maximum Gasteiger partial charge on any atom is 0.251 e. The summed E-state index contributed by atoms with van der Waals surface area (Å²) in [6.07, 6.45) is -0.191. The minimum Gasteiger partial charge on any atom is -0.370 e. The molecule has 1 atom stereocenters.